The fourth-order valence-electron chi connectivity index (χ4n) is 0.213. The molecule has 0 spiro atoms. The van der Waals surface area contributed by atoms with Crippen LogP contribution in [0.5, 0.6) is 0 Å². The zero-order chi connectivity index (χ0) is 5.11. The van der Waals surface area contributed by atoms with E-state index in [-0.39, 0.29) is 0 Å². The Morgan fingerprint density at radius 3 is 3.00 bits per heavy atom. The molecule has 0 N–H and O–H groups in total. The SMILES string of the molecule is N#Cc1[c]n[c]s1. The van der Waals surface area contributed by atoms with E-state index in [1.54, 1.807) is 0 Å². The molecule has 0 unspecified atom stereocenters. The molecular formula is C4N2S. The van der Waals surface area contributed by atoms with Gasteiger partial charge in [-0.05, 0) is 0 Å². The normalized spacial score (nSPS) is 7.86. The van der Waals surface area contributed by atoms with Gasteiger partial charge in [-0.15, -0.1) is 0 Å². The van der Waals surface area contributed by atoms with Crippen LogP contribution in [-0.2, 0) is 0 Å². The molecule has 7 heavy (non-hydrogen) atoms. The number of aromatic nitrogens is 1. The number of rotatable bonds is 0. The fourth-order valence-corrected chi connectivity index (χ4v) is 0.532. The number of hydrogen-bond acceptors (Lipinski definition) is 3. The fraction of sp³-hybridized carbons (Fsp3) is 0. The summed E-state index contributed by atoms with van der Waals surface area (Å²) in [5.74, 6) is 0. The summed E-state index contributed by atoms with van der Waals surface area (Å²) >= 11 is 1.17. The van der Waals surface area contributed by atoms with Crippen molar-refractivity contribution in [2.45, 2.75) is 0 Å². The molecule has 0 fully saturated rings. The molecule has 2 radical (unpaired) electrons. The van der Waals surface area contributed by atoms with Gasteiger partial charge in [0.2, 0.25) is 0 Å². The molecule has 0 atom stereocenters. The lowest BCUT2D eigenvalue weighted by Gasteiger charge is -1.58. The highest BCUT2D eigenvalue weighted by Crippen LogP contribution is 1.98. The van der Waals surface area contributed by atoms with Crippen LogP contribution in [-0.4, -0.2) is 4.98 Å². The lowest BCUT2D eigenvalue weighted by Crippen LogP contribution is -1.55. The van der Waals surface area contributed by atoms with Crippen molar-refractivity contribution in [3.63, 3.8) is 0 Å². The van der Waals surface area contributed by atoms with Gasteiger partial charge in [-0.1, -0.05) is 11.3 Å². The van der Waals surface area contributed by atoms with Gasteiger partial charge in [0.15, 0.2) is 5.51 Å². The summed E-state index contributed by atoms with van der Waals surface area (Å²) in [6.45, 7) is 0. The molecule has 1 aromatic heterocycles. The van der Waals surface area contributed by atoms with Gasteiger partial charge in [0.1, 0.15) is 17.1 Å². The minimum atomic E-state index is 0.486. The summed E-state index contributed by atoms with van der Waals surface area (Å²) in [5.41, 5.74) is 2.49. The molecule has 3 heteroatoms. The highest BCUT2D eigenvalue weighted by molar-refractivity contribution is 7.09. The first-order chi connectivity index (χ1) is 3.43. The summed E-state index contributed by atoms with van der Waals surface area (Å²) in [7, 11) is 0. The third-order valence-corrected chi connectivity index (χ3v) is 1.02. The van der Waals surface area contributed by atoms with E-state index in [0.717, 1.165) is 0 Å². The van der Waals surface area contributed by atoms with Crippen LogP contribution in [0.25, 0.3) is 0 Å². The van der Waals surface area contributed by atoms with Gasteiger partial charge in [0, 0.05) is 0 Å². The van der Waals surface area contributed by atoms with Crippen LogP contribution in [0, 0.1) is 23.0 Å². The maximum Gasteiger partial charge on any atom is 0.154 e. The summed E-state index contributed by atoms with van der Waals surface area (Å²) in [6.07, 6.45) is 2.44. The van der Waals surface area contributed by atoms with Gasteiger partial charge < -0.3 is 0 Å². The monoisotopic (exact) mass is 108 g/mol. The van der Waals surface area contributed by atoms with Crippen LogP contribution < -0.4 is 0 Å². The van der Waals surface area contributed by atoms with E-state index in [9.17, 15) is 0 Å². The summed E-state index contributed by atoms with van der Waals surface area (Å²) in [5, 5.41) is 8.10. The average molecular weight is 108 g/mol. The molecule has 0 aliphatic carbocycles. The lowest BCUT2D eigenvalue weighted by molar-refractivity contribution is 1.37. The number of nitriles is 1. The minimum Gasteiger partial charge on any atom is -0.230 e. The van der Waals surface area contributed by atoms with Crippen LogP contribution in [0.1, 0.15) is 4.88 Å². The molecular weight excluding hydrogens is 108 g/mol. The number of hydrogen-bond donors (Lipinski definition) is 0. The quantitative estimate of drug-likeness (QED) is 0.488. The molecule has 32 valence electrons. The topological polar surface area (TPSA) is 36.7 Å². The van der Waals surface area contributed by atoms with E-state index in [1.165, 1.54) is 11.3 Å². The largest absolute Gasteiger partial charge is 0.230 e. The van der Waals surface area contributed by atoms with Gasteiger partial charge in [-0.3, -0.25) is 0 Å². The first-order valence-electron chi connectivity index (χ1n) is 1.58. The number of thiazole rings is 1. The van der Waals surface area contributed by atoms with Crippen molar-refractivity contribution in [2.75, 3.05) is 0 Å². The van der Waals surface area contributed by atoms with Crippen LogP contribution >= 0.6 is 11.3 Å². The van der Waals surface area contributed by atoms with Gasteiger partial charge in [0.25, 0.3) is 0 Å². The molecule has 0 saturated carbocycles. The standard InChI is InChI=1S/C4N2S/c5-1-4-2-6-3-7-4. The van der Waals surface area contributed by atoms with Crippen molar-refractivity contribution in [2.24, 2.45) is 0 Å². The summed E-state index contributed by atoms with van der Waals surface area (Å²) in [4.78, 5) is 3.93. The van der Waals surface area contributed by atoms with Crippen molar-refractivity contribution < 1.29 is 0 Å². The molecule has 0 saturated heterocycles. The average Bonchev–Trinajstić information content (AvgIpc) is 2.14. The Bertz CT molecular complexity index is 172. The summed E-state index contributed by atoms with van der Waals surface area (Å²) in [6, 6.07) is 1.88. The first-order valence-corrected chi connectivity index (χ1v) is 2.40. The smallest absolute Gasteiger partial charge is 0.154 e. The Morgan fingerprint density at radius 2 is 2.71 bits per heavy atom. The Kier molecular flexibility index (Phi) is 1.05. The van der Waals surface area contributed by atoms with Crippen molar-refractivity contribution in [1.29, 1.82) is 5.26 Å². The Morgan fingerprint density at radius 1 is 1.86 bits per heavy atom. The van der Waals surface area contributed by atoms with Gasteiger partial charge in [-0.2, -0.15) is 5.26 Å². The van der Waals surface area contributed by atoms with E-state index >= 15 is 0 Å². The second-order valence-corrected chi connectivity index (χ2v) is 1.65. The van der Waals surface area contributed by atoms with Crippen molar-refractivity contribution in [3.8, 4) is 6.07 Å². The van der Waals surface area contributed by atoms with Crippen molar-refractivity contribution >= 4 is 11.3 Å². The predicted molar refractivity (Wildman–Crippen MR) is 24.5 cm³/mol. The van der Waals surface area contributed by atoms with E-state index in [0.29, 0.717) is 4.88 Å². The molecule has 2 nitrogen and oxygen atoms in total. The minimum absolute atomic E-state index is 0.486. The highest BCUT2D eigenvalue weighted by atomic mass is 32.1. The van der Waals surface area contributed by atoms with Crippen LogP contribution in [0.4, 0.5) is 0 Å². The molecule has 0 amide bonds. The zero-order valence-corrected chi connectivity index (χ0v) is 4.12. The second-order valence-electron chi connectivity index (χ2n) is 0.858. The van der Waals surface area contributed by atoms with Gasteiger partial charge in [0.05, 0.1) is 0 Å². The maximum absolute atomic E-state index is 8.10. The van der Waals surface area contributed by atoms with E-state index in [1.807, 2.05) is 6.07 Å². The van der Waals surface area contributed by atoms with Crippen LogP contribution in [0.2, 0.25) is 0 Å². The van der Waals surface area contributed by atoms with Crippen LogP contribution in [0.3, 0.4) is 0 Å². The first kappa shape index (κ1) is 4.28. The molecule has 1 heterocycles. The molecule has 1 rings (SSSR count). The molecule has 0 aromatic carbocycles. The predicted octanol–water partition coefficient (Wildman–Crippen LogP) is 0.615. The Hall–Kier alpha value is -0.880. The second kappa shape index (κ2) is 1.71. The van der Waals surface area contributed by atoms with E-state index in [2.05, 4.69) is 16.7 Å². The van der Waals surface area contributed by atoms with E-state index in [4.69, 9.17) is 5.26 Å². The molecule has 1 aromatic rings. The van der Waals surface area contributed by atoms with Gasteiger partial charge >= 0.3 is 0 Å². The lowest BCUT2D eigenvalue weighted by atomic mass is 10.6. The van der Waals surface area contributed by atoms with Crippen molar-refractivity contribution in [1.82, 2.24) is 4.98 Å². The third-order valence-electron chi connectivity index (χ3n) is 0.452. The Balaban J connectivity index is 3.04. The van der Waals surface area contributed by atoms with Crippen LogP contribution in [0.15, 0.2) is 0 Å². The van der Waals surface area contributed by atoms with Gasteiger partial charge in [-0.25, -0.2) is 4.98 Å². The van der Waals surface area contributed by atoms with Crippen molar-refractivity contribution in [3.05, 3.63) is 16.6 Å². The molecule has 0 aliphatic rings. The third kappa shape index (κ3) is 0.756. The summed E-state index contributed by atoms with van der Waals surface area (Å²) < 4.78 is 0. The van der Waals surface area contributed by atoms with E-state index < -0.39 is 0 Å². The maximum atomic E-state index is 8.10. The molecule has 0 aliphatic heterocycles. The zero-order valence-electron chi connectivity index (χ0n) is 3.30. The number of nitrogens with zero attached hydrogens (tertiary/aromatic N) is 2. The highest BCUT2D eigenvalue weighted by Gasteiger charge is 1.86. The Labute approximate surface area is 45.0 Å². The molecule has 0 bridgehead atoms.